The summed E-state index contributed by atoms with van der Waals surface area (Å²) in [6.45, 7) is 3.88. The number of rotatable bonds is 8. The number of aryl methyl sites for hydroxylation is 1. The highest BCUT2D eigenvalue weighted by Gasteiger charge is 2.15. The summed E-state index contributed by atoms with van der Waals surface area (Å²) in [6.07, 6.45) is 0. The monoisotopic (exact) mass is 406 g/mol. The molecule has 0 aliphatic heterocycles. The molecule has 0 bridgehead atoms. The topological polar surface area (TPSA) is 127 Å². The molecule has 4 amide bonds. The number of imide groups is 1. The molecule has 0 spiro atoms. The molecule has 2 aromatic rings. The first-order valence-electron chi connectivity index (χ1n) is 8.40. The first-order chi connectivity index (χ1) is 13.4. The van der Waals surface area contributed by atoms with Crippen LogP contribution in [0.4, 0.5) is 10.5 Å². The van der Waals surface area contributed by atoms with Crippen LogP contribution >= 0.6 is 11.8 Å². The third-order valence-corrected chi connectivity index (χ3v) is 4.33. The van der Waals surface area contributed by atoms with Crippen molar-refractivity contribution in [3.05, 3.63) is 30.1 Å². The summed E-state index contributed by atoms with van der Waals surface area (Å²) in [4.78, 5) is 34.8. The molecule has 0 atom stereocenters. The highest BCUT2D eigenvalue weighted by atomic mass is 32.2. The molecule has 0 radical (unpaired) electrons. The lowest BCUT2D eigenvalue weighted by atomic mass is 10.2. The van der Waals surface area contributed by atoms with Crippen LogP contribution in [0.1, 0.15) is 12.7 Å². The molecule has 0 saturated carbocycles. The predicted molar refractivity (Wildman–Crippen MR) is 105 cm³/mol. The SMILES string of the molecule is COCCNC(=O)NC(=O)CSc1nnc(C)n1-c1cccc(NC(C)=O)c1. The standard InChI is InChI=1S/C17H22N6O4S/c1-11-21-22-17(28-10-15(25)20-16(26)18-7-8-27-3)23(11)14-6-4-5-13(9-14)19-12(2)24/h4-6,9H,7-8,10H2,1-3H3,(H,19,24)(H2,18,20,25,26). The van der Waals surface area contributed by atoms with Gasteiger partial charge in [0.25, 0.3) is 0 Å². The number of carbonyl (C=O) groups is 3. The van der Waals surface area contributed by atoms with E-state index in [4.69, 9.17) is 4.74 Å². The van der Waals surface area contributed by atoms with E-state index in [2.05, 4.69) is 26.1 Å². The fourth-order valence-electron chi connectivity index (χ4n) is 2.26. The molecule has 1 aromatic carbocycles. The van der Waals surface area contributed by atoms with E-state index < -0.39 is 11.9 Å². The Morgan fingerprint density at radius 2 is 2.04 bits per heavy atom. The Kier molecular flexibility index (Phi) is 7.96. The van der Waals surface area contributed by atoms with Gasteiger partial charge >= 0.3 is 6.03 Å². The average Bonchev–Trinajstić information content (AvgIpc) is 3.00. The van der Waals surface area contributed by atoms with Crippen molar-refractivity contribution < 1.29 is 19.1 Å². The van der Waals surface area contributed by atoms with Crippen molar-refractivity contribution in [3.63, 3.8) is 0 Å². The number of aromatic nitrogens is 3. The largest absolute Gasteiger partial charge is 0.383 e. The molecule has 0 fully saturated rings. The van der Waals surface area contributed by atoms with Gasteiger partial charge < -0.3 is 15.4 Å². The minimum Gasteiger partial charge on any atom is -0.383 e. The highest BCUT2D eigenvalue weighted by Crippen LogP contribution is 2.23. The normalized spacial score (nSPS) is 10.4. The molecule has 28 heavy (non-hydrogen) atoms. The number of amides is 4. The number of nitrogens with zero attached hydrogens (tertiary/aromatic N) is 3. The van der Waals surface area contributed by atoms with Gasteiger partial charge in [0.15, 0.2) is 5.16 Å². The number of anilines is 1. The Morgan fingerprint density at radius 3 is 2.75 bits per heavy atom. The zero-order valence-electron chi connectivity index (χ0n) is 15.8. The fraction of sp³-hybridized carbons (Fsp3) is 0.353. The summed E-state index contributed by atoms with van der Waals surface area (Å²) in [6, 6.07) is 6.61. The predicted octanol–water partition coefficient (Wildman–Crippen LogP) is 1.10. The zero-order chi connectivity index (χ0) is 20.5. The number of thioether (sulfide) groups is 1. The lowest BCUT2D eigenvalue weighted by Gasteiger charge is -2.10. The molecule has 0 aliphatic carbocycles. The molecule has 0 saturated heterocycles. The molecular weight excluding hydrogens is 384 g/mol. The molecule has 150 valence electrons. The van der Waals surface area contributed by atoms with Crippen LogP contribution in [0.2, 0.25) is 0 Å². The molecule has 1 aromatic heterocycles. The maximum Gasteiger partial charge on any atom is 0.321 e. The Morgan fingerprint density at radius 1 is 1.25 bits per heavy atom. The van der Waals surface area contributed by atoms with Crippen molar-refractivity contribution in [1.29, 1.82) is 0 Å². The second-order valence-corrected chi connectivity index (χ2v) is 6.62. The van der Waals surface area contributed by atoms with Gasteiger partial charge in [0, 0.05) is 26.3 Å². The van der Waals surface area contributed by atoms with Crippen molar-refractivity contribution in [2.75, 3.05) is 31.3 Å². The van der Waals surface area contributed by atoms with Gasteiger partial charge in [-0.25, -0.2) is 4.79 Å². The fourth-order valence-corrected chi connectivity index (χ4v) is 3.06. The van der Waals surface area contributed by atoms with E-state index in [1.807, 2.05) is 6.07 Å². The van der Waals surface area contributed by atoms with Crippen LogP contribution in [-0.2, 0) is 14.3 Å². The third kappa shape index (κ3) is 6.35. The summed E-state index contributed by atoms with van der Waals surface area (Å²) >= 11 is 1.15. The van der Waals surface area contributed by atoms with Crippen LogP contribution in [-0.4, -0.2) is 58.6 Å². The second-order valence-electron chi connectivity index (χ2n) is 5.68. The molecule has 10 nitrogen and oxygen atoms in total. The van der Waals surface area contributed by atoms with E-state index in [1.165, 1.54) is 14.0 Å². The molecule has 0 unspecified atom stereocenters. The number of methoxy groups -OCH3 is 1. The van der Waals surface area contributed by atoms with Gasteiger partial charge in [0.05, 0.1) is 18.0 Å². The first kappa shape index (κ1) is 21.4. The van der Waals surface area contributed by atoms with Gasteiger partial charge in [-0.3, -0.25) is 19.5 Å². The van der Waals surface area contributed by atoms with Crippen molar-refractivity contribution in [3.8, 4) is 5.69 Å². The van der Waals surface area contributed by atoms with Gasteiger partial charge in [-0.2, -0.15) is 0 Å². The van der Waals surface area contributed by atoms with E-state index in [1.54, 1.807) is 29.7 Å². The van der Waals surface area contributed by atoms with E-state index >= 15 is 0 Å². The van der Waals surface area contributed by atoms with Gasteiger partial charge in [-0.1, -0.05) is 17.8 Å². The van der Waals surface area contributed by atoms with Crippen molar-refractivity contribution in [2.45, 2.75) is 19.0 Å². The van der Waals surface area contributed by atoms with Gasteiger partial charge in [0.1, 0.15) is 5.82 Å². The minimum absolute atomic E-state index is 0.0127. The highest BCUT2D eigenvalue weighted by molar-refractivity contribution is 7.99. The Labute approximate surface area is 166 Å². The number of urea groups is 1. The maximum atomic E-state index is 12.0. The lowest BCUT2D eigenvalue weighted by Crippen LogP contribution is -2.41. The van der Waals surface area contributed by atoms with Crippen LogP contribution < -0.4 is 16.0 Å². The molecule has 3 N–H and O–H groups in total. The van der Waals surface area contributed by atoms with Crippen LogP contribution in [0.25, 0.3) is 5.69 Å². The quantitative estimate of drug-likeness (QED) is 0.442. The van der Waals surface area contributed by atoms with Crippen LogP contribution in [0.15, 0.2) is 29.4 Å². The number of hydrogen-bond donors (Lipinski definition) is 3. The van der Waals surface area contributed by atoms with E-state index in [-0.39, 0.29) is 11.7 Å². The van der Waals surface area contributed by atoms with Gasteiger partial charge in [-0.05, 0) is 25.1 Å². The van der Waals surface area contributed by atoms with Gasteiger partial charge in [0.2, 0.25) is 11.8 Å². The Bertz CT molecular complexity index is 854. The molecule has 11 heteroatoms. The summed E-state index contributed by atoms with van der Waals surface area (Å²) < 4.78 is 6.58. The van der Waals surface area contributed by atoms with E-state index in [0.29, 0.717) is 29.8 Å². The third-order valence-electron chi connectivity index (χ3n) is 3.40. The van der Waals surface area contributed by atoms with Crippen molar-refractivity contribution >= 4 is 35.3 Å². The van der Waals surface area contributed by atoms with Crippen LogP contribution in [0.5, 0.6) is 0 Å². The average molecular weight is 406 g/mol. The summed E-state index contributed by atoms with van der Waals surface area (Å²) in [5, 5.41) is 16.1. The van der Waals surface area contributed by atoms with E-state index in [9.17, 15) is 14.4 Å². The summed E-state index contributed by atoms with van der Waals surface area (Å²) in [5.74, 6) is -0.0201. The molecule has 0 aliphatic rings. The van der Waals surface area contributed by atoms with Gasteiger partial charge in [-0.15, -0.1) is 10.2 Å². The van der Waals surface area contributed by atoms with E-state index in [0.717, 1.165) is 17.4 Å². The zero-order valence-corrected chi connectivity index (χ0v) is 16.6. The molecule has 2 rings (SSSR count). The minimum atomic E-state index is -0.580. The Balaban J connectivity index is 2.02. The van der Waals surface area contributed by atoms with Crippen molar-refractivity contribution in [1.82, 2.24) is 25.4 Å². The maximum absolute atomic E-state index is 12.0. The van der Waals surface area contributed by atoms with Crippen LogP contribution in [0.3, 0.4) is 0 Å². The second kappa shape index (κ2) is 10.4. The lowest BCUT2D eigenvalue weighted by molar-refractivity contribution is -0.117. The number of hydrogen-bond acceptors (Lipinski definition) is 7. The first-order valence-corrected chi connectivity index (χ1v) is 9.38. The number of carbonyl (C=O) groups excluding carboxylic acids is 3. The molecular formula is C17H22N6O4S. The Hall–Kier alpha value is -2.92. The number of ether oxygens (including phenoxy) is 1. The number of nitrogens with one attached hydrogen (secondary N) is 3. The smallest absolute Gasteiger partial charge is 0.321 e. The summed E-state index contributed by atoms with van der Waals surface area (Å²) in [5.41, 5.74) is 1.38. The number of benzene rings is 1. The summed E-state index contributed by atoms with van der Waals surface area (Å²) in [7, 11) is 1.52. The van der Waals surface area contributed by atoms with Crippen molar-refractivity contribution in [2.24, 2.45) is 0 Å². The van der Waals surface area contributed by atoms with Crippen LogP contribution in [0, 0.1) is 6.92 Å². The molecule has 1 heterocycles.